The molecule has 0 bridgehead atoms. The maximum Gasteiger partial charge on any atom is 0.257 e. The van der Waals surface area contributed by atoms with E-state index < -0.39 is 31.9 Å². The number of benzene rings is 2. The van der Waals surface area contributed by atoms with Gasteiger partial charge in [0, 0.05) is 76.5 Å². The maximum absolute atomic E-state index is 13.2. The minimum absolute atomic E-state index is 0.0305. The molecule has 0 unspecified atom stereocenters. The molecule has 52 heavy (non-hydrogen) atoms. The summed E-state index contributed by atoms with van der Waals surface area (Å²) in [7, 11) is -1.74. The van der Waals surface area contributed by atoms with Crippen molar-refractivity contribution >= 4 is 64.8 Å². The summed E-state index contributed by atoms with van der Waals surface area (Å²) in [4.78, 5) is 34.8. The fourth-order valence-corrected chi connectivity index (χ4v) is 8.78. The number of hydrogen-bond donors (Lipinski definition) is 2. The fourth-order valence-electron chi connectivity index (χ4n) is 4.57. The van der Waals surface area contributed by atoms with Crippen LogP contribution >= 0.6 is 22.7 Å². The predicted molar refractivity (Wildman–Crippen MR) is 197 cm³/mol. The standard InChI is InChI=1S/C32H40N6O10S4/c1-45-17-13-37(14-18-46-2)51(41,42)25-9-5-23(6-10-25)29(39)35-31-33-27(21-49-31)28-22-50-32(34-28)36-30(40)24-7-11-26(12-8-24)52(43,44)38(15-19-47-3)16-20-48-4/h5-12,21-22H,13-20H2,1-4H3,(H,33,35,39)(H,34,36,40). The molecule has 4 rings (SSSR count). The number of hydrogen-bond acceptors (Lipinski definition) is 14. The number of ether oxygens (including phenoxy) is 4. The lowest BCUT2D eigenvalue weighted by Gasteiger charge is -2.21. The van der Waals surface area contributed by atoms with Crippen LogP contribution in [0.25, 0.3) is 11.4 Å². The summed E-state index contributed by atoms with van der Waals surface area (Å²) in [5.41, 5.74) is 1.39. The molecule has 2 N–H and O–H groups in total. The quantitative estimate of drug-likeness (QED) is 0.125. The SMILES string of the molecule is COCCN(CCOC)S(=O)(=O)c1ccc(C(=O)Nc2nc(-c3csc(NC(=O)c4ccc(S(=O)(=O)N(CCOC)CCOC)cc4)n3)cs2)cc1. The van der Waals surface area contributed by atoms with Crippen molar-refractivity contribution in [2.75, 3.05) is 91.7 Å². The number of anilines is 2. The average molecular weight is 797 g/mol. The number of rotatable bonds is 21. The van der Waals surface area contributed by atoms with Gasteiger partial charge in [0.2, 0.25) is 20.0 Å². The Morgan fingerprint density at radius 3 is 1.17 bits per heavy atom. The molecule has 2 aromatic carbocycles. The molecule has 2 heterocycles. The third-order valence-corrected chi connectivity index (χ3v) is 12.7. The van der Waals surface area contributed by atoms with Crippen molar-refractivity contribution < 1.29 is 45.4 Å². The number of methoxy groups -OCH3 is 4. The van der Waals surface area contributed by atoms with Crippen LogP contribution in [-0.4, -0.2) is 128 Å². The minimum Gasteiger partial charge on any atom is -0.383 e. The normalized spacial score (nSPS) is 12.0. The monoisotopic (exact) mass is 796 g/mol. The van der Waals surface area contributed by atoms with Gasteiger partial charge in [-0.2, -0.15) is 8.61 Å². The summed E-state index contributed by atoms with van der Waals surface area (Å²) in [6, 6.07) is 11.2. The Hall–Kier alpha value is -3.70. The molecule has 20 heteroatoms. The van der Waals surface area contributed by atoms with Crippen LogP contribution < -0.4 is 10.6 Å². The van der Waals surface area contributed by atoms with Crippen LogP contribution in [0.2, 0.25) is 0 Å². The van der Waals surface area contributed by atoms with E-state index in [1.54, 1.807) is 10.8 Å². The third kappa shape index (κ3) is 10.7. The molecule has 0 aliphatic carbocycles. The van der Waals surface area contributed by atoms with Crippen molar-refractivity contribution in [2.45, 2.75) is 9.79 Å². The van der Waals surface area contributed by atoms with Crippen LogP contribution in [0.1, 0.15) is 20.7 Å². The lowest BCUT2D eigenvalue weighted by molar-refractivity contribution is 0.101. The first kappa shape index (κ1) is 41.1. The van der Waals surface area contributed by atoms with E-state index in [1.165, 1.54) is 108 Å². The van der Waals surface area contributed by atoms with Crippen LogP contribution in [0.4, 0.5) is 10.3 Å². The highest BCUT2D eigenvalue weighted by Crippen LogP contribution is 2.29. The molecule has 2 aromatic heterocycles. The first-order chi connectivity index (χ1) is 24.9. The molecule has 0 aliphatic heterocycles. The Kier molecular flexibility index (Phi) is 15.3. The van der Waals surface area contributed by atoms with Gasteiger partial charge in [-0.3, -0.25) is 20.2 Å². The Bertz CT molecular complexity index is 1830. The first-order valence-electron chi connectivity index (χ1n) is 15.6. The number of aromatic nitrogens is 2. The third-order valence-electron chi connectivity index (χ3n) is 7.40. The molecule has 2 amide bonds. The van der Waals surface area contributed by atoms with Gasteiger partial charge in [0.05, 0.1) is 36.2 Å². The summed E-state index contributed by atoms with van der Waals surface area (Å²) in [5.74, 6) is -0.966. The van der Waals surface area contributed by atoms with Crippen LogP contribution in [0.3, 0.4) is 0 Å². The molecule has 0 atom stereocenters. The van der Waals surface area contributed by atoms with Crippen LogP contribution in [-0.2, 0) is 39.0 Å². The van der Waals surface area contributed by atoms with E-state index in [2.05, 4.69) is 20.6 Å². The highest BCUT2D eigenvalue weighted by atomic mass is 32.2. The average Bonchev–Trinajstić information content (AvgIpc) is 3.81. The largest absolute Gasteiger partial charge is 0.383 e. The number of nitrogens with one attached hydrogen (secondary N) is 2. The van der Waals surface area contributed by atoms with Crippen molar-refractivity contribution in [1.29, 1.82) is 0 Å². The number of sulfonamides is 2. The van der Waals surface area contributed by atoms with E-state index in [4.69, 9.17) is 18.9 Å². The Labute approximate surface area is 310 Å². The molecular weight excluding hydrogens is 757 g/mol. The lowest BCUT2D eigenvalue weighted by atomic mass is 10.2. The second-order valence-corrected chi connectivity index (χ2v) is 16.4. The highest BCUT2D eigenvalue weighted by molar-refractivity contribution is 7.89. The number of carbonyl (C=O) groups is 2. The van der Waals surface area contributed by atoms with Gasteiger partial charge in [0.25, 0.3) is 11.8 Å². The van der Waals surface area contributed by atoms with E-state index in [-0.39, 0.29) is 73.5 Å². The Morgan fingerprint density at radius 1 is 0.577 bits per heavy atom. The molecule has 0 saturated carbocycles. The van der Waals surface area contributed by atoms with E-state index >= 15 is 0 Å². The topological polar surface area (TPSA) is 196 Å². The molecule has 0 radical (unpaired) electrons. The Morgan fingerprint density at radius 2 is 0.885 bits per heavy atom. The summed E-state index contributed by atoms with van der Waals surface area (Å²) < 4.78 is 75.3. The minimum atomic E-state index is -3.84. The van der Waals surface area contributed by atoms with E-state index in [1.807, 2.05) is 0 Å². The van der Waals surface area contributed by atoms with E-state index in [9.17, 15) is 26.4 Å². The zero-order valence-electron chi connectivity index (χ0n) is 28.9. The van der Waals surface area contributed by atoms with Gasteiger partial charge in [0.1, 0.15) is 11.4 Å². The fraction of sp³-hybridized carbons (Fsp3) is 0.375. The van der Waals surface area contributed by atoms with Gasteiger partial charge in [-0.25, -0.2) is 26.8 Å². The van der Waals surface area contributed by atoms with E-state index in [0.717, 1.165) is 0 Å². The van der Waals surface area contributed by atoms with Crippen LogP contribution in [0.5, 0.6) is 0 Å². The molecule has 0 aliphatic rings. The van der Waals surface area contributed by atoms with E-state index in [0.29, 0.717) is 21.7 Å². The maximum atomic E-state index is 13.2. The molecule has 0 spiro atoms. The van der Waals surface area contributed by atoms with Gasteiger partial charge in [-0.1, -0.05) is 0 Å². The summed E-state index contributed by atoms with van der Waals surface area (Å²) >= 11 is 2.34. The van der Waals surface area contributed by atoms with Crippen LogP contribution in [0.15, 0.2) is 69.1 Å². The first-order valence-corrected chi connectivity index (χ1v) is 20.3. The summed E-state index contributed by atoms with van der Waals surface area (Å²) in [6.45, 7) is 1.46. The molecule has 0 saturated heterocycles. The zero-order chi connectivity index (χ0) is 37.7. The van der Waals surface area contributed by atoms with Crippen molar-refractivity contribution in [3.8, 4) is 11.4 Å². The molecule has 4 aromatic rings. The number of amides is 2. The van der Waals surface area contributed by atoms with Gasteiger partial charge < -0.3 is 18.9 Å². The smallest absolute Gasteiger partial charge is 0.257 e. The van der Waals surface area contributed by atoms with Gasteiger partial charge >= 0.3 is 0 Å². The zero-order valence-corrected chi connectivity index (χ0v) is 32.2. The molecule has 0 fully saturated rings. The van der Waals surface area contributed by atoms with Gasteiger partial charge in [-0.15, -0.1) is 22.7 Å². The van der Waals surface area contributed by atoms with Crippen molar-refractivity contribution in [3.05, 3.63) is 70.4 Å². The lowest BCUT2D eigenvalue weighted by Crippen LogP contribution is -2.36. The summed E-state index contributed by atoms with van der Waals surface area (Å²) in [5, 5.41) is 9.40. The second-order valence-electron chi connectivity index (χ2n) is 10.8. The molecular formula is C32H40N6O10S4. The number of nitrogens with zero attached hydrogens (tertiary/aromatic N) is 4. The molecule has 16 nitrogen and oxygen atoms in total. The van der Waals surface area contributed by atoms with Gasteiger partial charge in [0.15, 0.2) is 10.3 Å². The summed E-state index contributed by atoms with van der Waals surface area (Å²) in [6.07, 6.45) is 0. The van der Waals surface area contributed by atoms with Crippen molar-refractivity contribution in [2.24, 2.45) is 0 Å². The van der Waals surface area contributed by atoms with Crippen LogP contribution in [0, 0.1) is 0 Å². The Balaban J connectivity index is 1.36. The van der Waals surface area contributed by atoms with Crippen molar-refractivity contribution in [3.63, 3.8) is 0 Å². The second kappa shape index (κ2) is 19.4. The highest BCUT2D eigenvalue weighted by Gasteiger charge is 2.26. The molecule has 282 valence electrons. The van der Waals surface area contributed by atoms with Gasteiger partial charge in [-0.05, 0) is 48.5 Å². The number of thiazole rings is 2. The number of carbonyl (C=O) groups excluding carboxylic acids is 2. The predicted octanol–water partition coefficient (Wildman–Crippen LogP) is 3.34. The van der Waals surface area contributed by atoms with Crippen molar-refractivity contribution in [1.82, 2.24) is 18.6 Å².